The minimum Gasteiger partial charge on any atom is -0.456 e. The van der Waals surface area contributed by atoms with E-state index in [1.807, 2.05) is 7.05 Å². The molecule has 3 rings (SSSR count). The maximum atomic E-state index is 12.5. The number of carbonyl (C=O) groups is 1. The molecule has 0 radical (unpaired) electrons. The fourth-order valence-electron chi connectivity index (χ4n) is 2.69. The van der Waals surface area contributed by atoms with E-state index < -0.39 is 0 Å². The maximum absolute atomic E-state index is 12.5. The van der Waals surface area contributed by atoms with Crippen LogP contribution in [-0.2, 0) is 0 Å². The van der Waals surface area contributed by atoms with Crippen molar-refractivity contribution in [3.05, 3.63) is 58.1 Å². The molecule has 0 spiro atoms. The zero-order chi connectivity index (χ0) is 17.1. The van der Waals surface area contributed by atoms with Crippen LogP contribution in [0.5, 0.6) is 11.5 Å². The van der Waals surface area contributed by atoms with E-state index in [-0.39, 0.29) is 24.4 Å². The molecule has 7 heteroatoms. The molecule has 1 N–H and O–H groups in total. The van der Waals surface area contributed by atoms with Gasteiger partial charge in [0.15, 0.2) is 0 Å². The molecule has 1 aliphatic rings. The molecule has 1 heterocycles. The lowest BCUT2D eigenvalue weighted by atomic mass is 10.1. The average Bonchev–Trinajstić information content (AvgIpc) is 3.13. The van der Waals surface area contributed by atoms with Crippen LogP contribution in [0.3, 0.4) is 0 Å². The van der Waals surface area contributed by atoms with E-state index in [0.717, 1.165) is 19.5 Å². The largest absolute Gasteiger partial charge is 0.456 e. The second kappa shape index (κ2) is 8.77. The number of nitrogens with one attached hydrogen (secondary N) is 1. The molecular formula is C18H19Cl3N2O2. The van der Waals surface area contributed by atoms with Gasteiger partial charge in [-0.25, -0.2) is 0 Å². The van der Waals surface area contributed by atoms with Gasteiger partial charge in [0.25, 0.3) is 5.91 Å². The predicted octanol–water partition coefficient (Wildman–Crippen LogP) is 4.64. The Morgan fingerprint density at radius 2 is 1.92 bits per heavy atom. The van der Waals surface area contributed by atoms with Crippen molar-refractivity contribution in [2.24, 2.45) is 0 Å². The quantitative estimate of drug-likeness (QED) is 0.811. The Kier molecular flexibility index (Phi) is 6.96. The molecule has 1 saturated heterocycles. The van der Waals surface area contributed by atoms with Crippen LogP contribution in [0, 0.1) is 0 Å². The van der Waals surface area contributed by atoms with Crippen molar-refractivity contribution in [1.82, 2.24) is 10.2 Å². The molecular weight excluding hydrogens is 383 g/mol. The van der Waals surface area contributed by atoms with Crippen molar-refractivity contribution in [3.63, 3.8) is 0 Å². The van der Waals surface area contributed by atoms with E-state index >= 15 is 0 Å². The van der Waals surface area contributed by atoms with Crippen molar-refractivity contribution in [2.75, 3.05) is 20.1 Å². The Bertz CT molecular complexity index is 732. The first-order valence-corrected chi connectivity index (χ1v) is 8.51. The first kappa shape index (κ1) is 19.9. The first-order chi connectivity index (χ1) is 11.6. The molecule has 1 unspecified atom stereocenters. The molecule has 0 aromatic heterocycles. The number of hydrogen-bond acceptors (Lipinski definition) is 3. The van der Waals surface area contributed by atoms with E-state index in [9.17, 15) is 4.79 Å². The number of amides is 1. The van der Waals surface area contributed by atoms with Crippen LogP contribution in [0.25, 0.3) is 0 Å². The van der Waals surface area contributed by atoms with Crippen molar-refractivity contribution in [1.29, 1.82) is 0 Å². The van der Waals surface area contributed by atoms with E-state index in [4.69, 9.17) is 27.9 Å². The van der Waals surface area contributed by atoms with Crippen molar-refractivity contribution in [2.45, 2.75) is 12.5 Å². The highest BCUT2D eigenvalue weighted by atomic mass is 35.5. The van der Waals surface area contributed by atoms with E-state index in [2.05, 4.69) is 5.32 Å². The van der Waals surface area contributed by atoms with Crippen molar-refractivity contribution in [3.8, 4) is 11.5 Å². The van der Waals surface area contributed by atoms with Gasteiger partial charge in [-0.15, -0.1) is 12.4 Å². The van der Waals surface area contributed by atoms with Gasteiger partial charge < -0.3 is 15.0 Å². The molecule has 0 aliphatic carbocycles. The summed E-state index contributed by atoms with van der Waals surface area (Å²) in [5.74, 6) is 1.09. The van der Waals surface area contributed by atoms with E-state index in [1.165, 1.54) is 0 Å². The highest BCUT2D eigenvalue weighted by Gasteiger charge is 2.23. The summed E-state index contributed by atoms with van der Waals surface area (Å²) >= 11 is 12.1. The standard InChI is InChI=1S/C18H18Cl2N2O2.ClH/c1-22(13-9-10-21-11-13)18(23)12-5-7-14(8-6-12)24-16-4-2-3-15(19)17(16)20;/h2-8,13,21H,9-11H2,1H3;1H. The van der Waals surface area contributed by atoms with Gasteiger partial charge in [0, 0.05) is 25.2 Å². The second-order valence-corrected chi connectivity index (χ2v) is 6.53. The lowest BCUT2D eigenvalue weighted by molar-refractivity contribution is 0.0744. The normalized spacial score (nSPS) is 16.2. The van der Waals surface area contributed by atoms with Gasteiger partial charge in [-0.1, -0.05) is 29.3 Å². The Labute approximate surface area is 163 Å². The summed E-state index contributed by atoms with van der Waals surface area (Å²) in [6, 6.07) is 12.5. The summed E-state index contributed by atoms with van der Waals surface area (Å²) < 4.78 is 5.73. The molecule has 25 heavy (non-hydrogen) atoms. The maximum Gasteiger partial charge on any atom is 0.253 e. The Morgan fingerprint density at radius 1 is 1.20 bits per heavy atom. The molecule has 0 saturated carbocycles. The van der Waals surface area contributed by atoms with Gasteiger partial charge in [0.1, 0.15) is 16.5 Å². The fourth-order valence-corrected chi connectivity index (χ4v) is 3.03. The molecule has 2 aromatic rings. The van der Waals surface area contributed by atoms with Crippen molar-refractivity contribution < 1.29 is 9.53 Å². The zero-order valence-corrected chi connectivity index (χ0v) is 16.0. The molecule has 1 fully saturated rings. The second-order valence-electron chi connectivity index (χ2n) is 5.74. The minimum atomic E-state index is 0. The topological polar surface area (TPSA) is 41.6 Å². The van der Waals surface area contributed by atoms with Gasteiger partial charge in [0.2, 0.25) is 0 Å². The third-order valence-corrected chi connectivity index (χ3v) is 4.95. The Balaban J connectivity index is 0.00000225. The number of hydrogen-bond donors (Lipinski definition) is 1. The summed E-state index contributed by atoms with van der Waals surface area (Å²) in [5.41, 5.74) is 0.633. The third-order valence-electron chi connectivity index (χ3n) is 4.15. The van der Waals surface area contributed by atoms with Crippen LogP contribution in [0.1, 0.15) is 16.8 Å². The predicted molar refractivity (Wildman–Crippen MR) is 104 cm³/mol. The van der Waals surface area contributed by atoms with Crippen LogP contribution in [0.4, 0.5) is 0 Å². The summed E-state index contributed by atoms with van der Waals surface area (Å²) in [7, 11) is 1.84. The monoisotopic (exact) mass is 400 g/mol. The molecule has 1 aliphatic heterocycles. The highest BCUT2D eigenvalue weighted by molar-refractivity contribution is 6.42. The van der Waals surface area contributed by atoms with Crippen LogP contribution < -0.4 is 10.1 Å². The molecule has 1 atom stereocenters. The number of carbonyl (C=O) groups excluding carboxylic acids is 1. The summed E-state index contributed by atoms with van der Waals surface area (Å²) in [6.07, 6.45) is 0.983. The number of rotatable bonds is 4. The fraction of sp³-hybridized carbons (Fsp3) is 0.278. The molecule has 1 amide bonds. The van der Waals surface area contributed by atoms with Crippen LogP contribution in [0.15, 0.2) is 42.5 Å². The van der Waals surface area contributed by atoms with Gasteiger partial charge >= 0.3 is 0 Å². The minimum absolute atomic E-state index is 0. The number of halogens is 3. The Hall–Kier alpha value is -1.46. The third kappa shape index (κ3) is 4.59. The molecule has 4 nitrogen and oxygen atoms in total. The number of nitrogens with zero attached hydrogens (tertiary/aromatic N) is 1. The van der Waals surface area contributed by atoms with E-state index in [1.54, 1.807) is 47.4 Å². The highest BCUT2D eigenvalue weighted by Crippen LogP contribution is 2.34. The van der Waals surface area contributed by atoms with E-state index in [0.29, 0.717) is 27.1 Å². The van der Waals surface area contributed by atoms with Crippen LogP contribution in [0.2, 0.25) is 10.0 Å². The first-order valence-electron chi connectivity index (χ1n) is 7.76. The van der Waals surface area contributed by atoms with Gasteiger partial charge in [-0.05, 0) is 49.4 Å². The lowest BCUT2D eigenvalue weighted by Crippen LogP contribution is -2.38. The van der Waals surface area contributed by atoms with Gasteiger partial charge in [-0.2, -0.15) is 0 Å². The molecule has 0 bridgehead atoms. The number of benzene rings is 2. The smallest absolute Gasteiger partial charge is 0.253 e. The number of likely N-dealkylation sites (N-methyl/N-ethyl adjacent to an activating group) is 1. The SMILES string of the molecule is CN(C(=O)c1ccc(Oc2cccc(Cl)c2Cl)cc1)C1CCNC1.Cl. The van der Waals surface area contributed by atoms with Crippen LogP contribution in [-0.4, -0.2) is 37.0 Å². The summed E-state index contributed by atoms with van der Waals surface area (Å²) in [4.78, 5) is 14.3. The zero-order valence-electron chi connectivity index (χ0n) is 13.7. The number of ether oxygens (including phenoxy) is 1. The summed E-state index contributed by atoms with van der Waals surface area (Å²) in [5, 5.41) is 4.07. The molecule has 2 aromatic carbocycles. The average molecular weight is 402 g/mol. The lowest BCUT2D eigenvalue weighted by Gasteiger charge is -2.23. The van der Waals surface area contributed by atoms with Crippen molar-refractivity contribution >= 4 is 41.5 Å². The van der Waals surface area contributed by atoms with Gasteiger partial charge in [0.05, 0.1) is 5.02 Å². The summed E-state index contributed by atoms with van der Waals surface area (Å²) in [6.45, 7) is 1.80. The molecule has 134 valence electrons. The van der Waals surface area contributed by atoms with Gasteiger partial charge in [-0.3, -0.25) is 4.79 Å². The Morgan fingerprint density at radius 3 is 2.56 bits per heavy atom. The van der Waals surface area contributed by atoms with Crippen LogP contribution >= 0.6 is 35.6 Å².